The summed E-state index contributed by atoms with van der Waals surface area (Å²) in [7, 11) is 1.48. The molecule has 1 N–H and O–H groups in total. The van der Waals surface area contributed by atoms with E-state index in [0.29, 0.717) is 40.3 Å². The smallest absolute Gasteiger partial charge is 0.416 e. The third-order valence-electron chi connectivity index (χ3n) is 5.98. The van der Waals surface area contributed by atoms with Crippen molar-refractivity contribution >= 4 is 52.2 Å². The summed E-state index contributed by atoms with van der Waals surface area (Å²) in [5.74, 6) is -0.648. The molecule has 0 aromatic heterocycles. The lowest BCUT2D eigenvalue weighted by Gasteiger charge is -2.16. The number of imide groups is 1. The van der Waals surface area contributed by atoms with E-state index in [1.54, 1.807) is 30.3 Å². The molecule has 3 amide bonds. The van der Waals surface area contributed by atoms with Gasteiger partial charge in [-0.25, -0.2) is 0 Å². The largest absolute Gasteiger partial charge is 0.493 e. The molecule has 218 valence electrons. The standard InChI is InChI=1S/C30H24ClF3N2O5S/c1-3-5-20-12-19(13-24(40-2)27(20)41-17-18-8-10-22(31)11-9-18)14-25-28(38)36(29(39)42-25)16-26(37)35-23-7-4-6-21(15-23)30(32,33)34/h3-4,6-15H,1,5,16-17H2,2H3,(H,35,37)/b25-14-. The van der Waals surface area contributed by atoms with Gasteiger partial charge in [0.2, 0.25) is 5.91 Å². The van der Waals surface area contributed by atoms with E-state index in [0.717, 1.165) is 34.2 Å². The normalized spacial score (nSPS) is 14.3. The highest BCUT2D eigenvalue weighted by atomic mass is 35.5. The van der Waals surface area contributed by atoms with E-state index in [-0.39, 0.29) is 17.2 Å². The highest BCUT2D eigenvalue weighted by Gasteiger charge is 2.36. The van der Waals surface area contributed by atoms with Crippen LogP contribution in [0.3, 0.4) is 0 Å². The number of thioether (sulfide) groups is 1. The number of hydrogen-bond donors (Lipinski definition) is 1. The van der Waals surface area contributed by atoms with Gasteiger partial charge in [0.05, 0.1) is 17.6 Å². The Morgan fingerprint density at radius 2 is 1.86 bits per heavy atom. The van der Waals surface area contributed by atoms with E-state index in [2.05, 4.69) is 11.9 Å². The molecule has 1 saturated heterocycles. The number of halogens is 4. The van der Waals surface area contributed by atoms with Gasteiger partial charge in [0.15, 0.2) is 11.5 Å². The summed E-state index contributed by atoms with van der Waals surface area (Å²) < 4.78 is 50.5. The first-order chi connectivity index (χ1) is 20.0. The second-order valence-electron chi connectivity index (χ2n) is 9.01. The maximum atomic E-state index is 13.0. The van der Waals surface area contributed by atoms with Crippen LogP contribution in [0.25, 0.3) is 6.08 Å². The second kappa shape index (κ2) is 13.2. The van der Waals surface area contributed by atoms with E-state index in [1.807, 2.05) is 12.1 Å². The fraction of sp³-hybridized carbons (Fsp3) is 0.167. The van der Waals surface area contributed by atoms with Gasteiger partial charge < -0.3 is 14.8 Å². The number of hydrogen-bond acceptors (Lipinski definition) is 6. The molecule has 0 radical (unpaired) electrons. The Morgan fingerprint density at radius 1 is 1.12 bits per heavy atom. The summed E-state index contributed by atoms with van der Waals surface area (Å²) in [5, 5.41) is 2.21. The predicted octanol–water partition coefficient (Wildman–Crippen LogP) is 7.35. The molecule has 0 atom stereocenters. The molecule has 7 nitrogen and oxygen atoms in total. The topological polar surface area (TPSA) is 84.9 Å². The maximum Gasteiger partial charge on any atom is 0.416 e. The van der Waals surface area contributed by atoms with Gasteiger partial charge in [-0.15, -0.1) is 6.58 Å². The van der Waals surface area contributed by atoms with Crippen molar-refractivity contribution in [2.75, 3.05) is 19.0 Å². The summed E-state index contributed by atoms with van der Waals surface area (Å²) in [6.07, 6.45) is -0.989. The fourth-order valence-corrected chi connectivity index (χ4v) is 4.99. The van der Waals surface area contributed by atoms with Crippen molar-refractivity contribution < 1.29 is 37.0 Å². The van der Waals surface area contributed by atoms with Crippen LogP contribution in [0.4, 0.5) is 23.7 Å². The summed E-state index contributed by atoms with van der Waals surface area (Å²) in [4.78, 5) is 38.9. The lowest BCUT2D eigenvalue weighted by molar-refractivity contribution is -0.137. The van der Waals surface area contributed by atoms with Gasteiger partial charge >= 0.3 is 6.18 Å². The number of nitrogens with one attached hydrogen (secondary N) is 1. The molecular formula is C30H24ClF3N2O5S. The number of rotatable bonds is 10. The van der Waals surface area contributed by atoms with Crippen LogP contribution in [0.5, 0.6) is 11.5 Å². The van der Waals surface area contributed by atoms with Crippen LogP contribution in [-0.4, -0.2) is 35.6 Å². The number of carbonyl (C=O) groups excluding carboxylic acids is 3. The van der Waals surface area contributed by atoms with Gasteiger partial charge in [-0.3, -0.25) is 19.3 Å². The number of anilines is 1. The van der Waals surface area contributed by atoms with Crippen LogP contribution in [0.15, 0.2) is 78.2 Å². The Balaban J connectivity index is 1.50. The summed E-state index contributed by atoms with van der Waals surface area (Å²) in [6.45, 7) is 3.37. The first-order valence-corrected chi connectivity index (χ1v) is 13.6. The fourth-order valence-electron chi connectivity index (χ4n) is 4.03. The van der Waals surface area contributed by atoms with E-state index < -0.39 is 35.3 Å². The Morgan fingerprint density at radius 3 is 2.52 bits per heavy atom. The van der Waals surface area contributed by atoms with Crippen LogP contribution < -0.4 is 14.8 Å². The zero-order chi connectivity index (χ0) is 30.4. The molecule has 0 spiro atoms. The molecule has 12 heteroatoms. The Hall–Kier alpha value is -4.22. The molecular weight excluding hydrogens is 593 g/mol. The van der Waals surface area contributed by atoms with Gasteiger partial charge in [0.25, 0.3) is 11.1 Å². The van der Waals surface area contributed by atoms with E-state index in [9.17, 15) is 27.6 Å². The van der Waals surface area contributed by atoms with E-state index in [1.165, 1.54) is 19.3 Å². The number of amides is 3. The molecule has 3 aromatic rings. The molecule has 4 rings (SSSR count). The average molecular weight is 617 g/mol. The highest BCUT2D eigenvalue weighted by molar-refractivity contribution is 8.18. The Labute approximate surface area is 248 Å². The third kappa shape index (κ3) is 7.54. The summed E-state index contributed by atoms with van der Waals surface area (Å²) >= 11 is 6.60. The van der Waals surface area contributed by atoms with Crippen molar-refractivity contribution in [1.29, 1.82) is 0 Å². The quantitative estimate of drug-likeness (QED) is 0.189. The van der Waals surface area contributed by atoms with Crippen LogP contribution in [0, 0.1) is 0 Å². The number of carbonyl (C=O) groups is 3. The second-order valence-corrected chi connectivity index (χ2v) is 10.4. The Kier molecular flexibility index (Phi) is 9.64. The van der Waals surface area contributed by atoms with Gasteiger partial charge in [-0.2, -0.15) is 13.2 Å². The molecule has 1 fully saturated rings. The number of methoxy groups -OCH3 is 1. The molecule has 0 aliphatic carbocycles. The van der Waals surface area contributed by atoms with E-state index in [4.69, 9.17) is 21.1 Å². The van der Waals surface area contributed by atoms with Crippen LogP contribution in [0.1, 0.15) is 22.3 Å². The lowest BCUT2D eigenvalue weighted by atomic mass is 10.0. The number of alkyl halides is 3. The molecule has 1 aliphatic heterocycles. The molecule has 3 aromatic carbocycles. The molecule has 1 heterocycles. The third-order valence-corrected chi connectivity index (χ3v) is 7.14. The average Bonchev–Trinajstić information content (AvgIpc) is 3.20. The van der Waals surface area contributed by atoms with Gasteiger partial charge in [0, 0.05) is 16.3 Å². The number of nitrogens with zero attached hydrogens (tertiary/aromatic N) is 1. The molecule has 0 saturated carbocycles. The minimum absolute atomic E-state index is 0.0632. The SMILES string of the molecule is C=CCc1cc(/C=C2\SC(=O)N(CC(=O)Nc3cccc(C(F)(F)F)c3)C2=O)cc(OC)c1OCc1ccc(Cl)cc1. The summed E-state index contributed by atoms with van der Waals surface area (Å²) in [5.41, 5.74) is 1.10. The van der Waals surface area contributed by atoms with Crippen molar-refractivity contribution in [1.82, 2.24) is 4.90 Å². The van der Waals surface area contributed by atoms with Crippen molar-refractivity contribution in [3.05, 3.63) is 106 Å². The number of benzene rings is 3. The minimum Gasteiger partial charge on any atom is -0.493 e. The molecule has 0 unspecified atom stereocenters. The van der Waals surface area contributed by atoms with Gasteiger partial charge in [0.1, 0.15) is 13.2 Å². The lowest BCUT2D eigenvalue weighted by Crippen LogP contribution is -2.36. The molecule has 0 bridgehead atoms. The molecule has 1 aliphatic rings. The monoisotopic (exact) mass is 616 g/mol. The first-order valence-electron chi connectivity index (χ1n) is 12.4. The van der Waals surface area contributed by atoms with Crippen molar-refractivity contribution in [3.63, 3.8) is 0 Å². The van der Waals surface area contributed by atoms with Crippen LogP contribution in [-0.2, 0) is 28.8 Å². The minimum atomic E-state index is -4.59. The van der Waals surface area contributed by atoms with Crippen molar-refractivity contribution in [2.45, 2.75) is 19.2 Å². The zero-order valence-electron chi connectivity index (χ0n) is 22.2. The van der Waals surface area contributed by atoms with Crippen LogP contribution >= 0.6 is 23.4 Å². The predicted molar refractivity (Wildman–Crippen MR) is 155 cm³/mol. The van der Waals surface area contributed by atoms with Crippen LogP contribution in [0.2, 0.25) is 5.02 Å². The van der Waals surface area contributed by atoms with Gasteiger partial charge in [-0.05, 0) is 77.9 Å². The Bertz CT molecular complexity index is 1560. The summed E-state index contributed by atoms with van der Waals surface area (Å²) in [6, 6.07) is 14.7. The zero-order valence-corrected chi connectivity index (χ0v) is 23.7. The van der Waals surface area contributed by atoms with Gasteiger partial charge in [-0.1, -0.05) is 35.9 Å². The number of allylic oxidation sites excluding steroid dienone is 1. The van der Waals surface area contributed by atoms with E-state index >= 15 is 0 Å². The first kappa shape index (κ1) is 30.7. The highest BCUT2D eigenvalue weighted by Crippen LogP contribution is 2.38. The maximum absolute atomic E-state index is 13.0. The van der Waals surface area contributed by atoms with Crippen molar-refractivity contribution in [2.24, 2.45) is 0 Å². The molecule has 42 heavy (non-hydrogen) atoms. The van der Waals surface area contributed by atoms with Crippen molar-refractivity contribution in [3.8, 4) is 11.5 Å². The number of ether oxygens (including phenoxy) is 2.